The van der Waals surface area contributed by atoms with E-state index in [1.54, 1.807) is 62.4 Å². The molecule has 1 atom stereocenters. The van der Waals surface area contributed by atoms with Gasteiger partial charge in [0, 0.05) is 23.1 Å². The second-order valence-corrected chi connectivity index (χ2v) is 11.7. The van der Waals surface area contributed by atoms with Gasteiger partial charge in [-0.2, -0.15) is 0 Å². The summed E-state index contributed by atoms with van der Waals surface area (Å²) in [4.78, 5) is 28.2. The van der Waals surface area contributed by atoms with Crippen LogP contribution in [0.15, 0.2) is 77.7 Å². The maximum Gasteiger partial charge on any atom is 0.264 e. The number of ether oxygens (including phenoxy) is 1. The monoisotopic (exact) mass is 605 g/mol. The number of carbonyl (C=O) groups is 2. The molecule has 0 aliphatic carbocycles. The van der Waals surface area contributed by atoms with Crippen LogP contribution in [0.4, 0.5) is 5.69 Å². The smallest absolute Gasteiger partial charge is 0.264 e. The van der Waals surface area contributed by atoms with Crippen LogP contribution in [0.1, 0.15) is 32.8 Å². The molecule has 214 valence electrons. The molecule has 0 unspecified atom stereocenters. The van der Waals surface area contributed by atoms with E-state index in [9.17, 15) is 18.0 Å². The fourth-order valence-corrected chi connectivity index (χ4v) is 5.76. The van der Waals surface area contributed by atoms with Crippen LogP contribution < -0.4 is 14.4 Å². The summed E-state index contributed by atoms with van der Waals surface area (Å²) in [6.45, 7) is 5.51. The van der Waals surface area contributed by atoms with E-state index in [1.807, 2.05) is 6.92 Å². The first-order chi connectivity index (χ1) is 19.1. The molecule has 1 N–H and O–H groups in total. The number of hydrogen-bond donors (Lipinski definition) is 1. The number of benzene rings is 3. The summed E-state index contributed by atoms with van der Waals surface area (Å²) >= 11 is 12.2. The summed E-state index contributed by atoms with van der Waals surface area (Å²) in [5, 5.41) is 3.66. The maximum absolute atomic E-state index is 14.0. The Labute approximate surface area is 245 Å². The molecule has 3 rings (SSSR count). The highest BCUT2D eigenvalue weighted by molar-refractivity contribution is 7.92. The summed E-state index contributed by atoms with van der Waals surface area (Å²) in [7, 11) is -4.25. The van der Waals surface area contributed by atoms with Crippen molar-refractivity contribution in [2.75, 3.05) is 24.0 Å². The number of rotatable bonds is 13. The number of carbonyl (C=O) groups excluding carboxylic acids is 2. The molecule has 0 fully saturated rings. The molecule has 0 aliphatic heterocycles. The van der Waals surface area contributed by atoms with Crippen molar-refractivity contribution < 1.29 is 22.7 Å². The quantitative estimate of drug-likeness (QED) is 0.276. The number of sulfonamides is 1. The Morgan fingerprint density at radius 1 is 0.950 bits per heavy atom. The number of nitrogens with zero attached hydrogens (tertiary/aromatic N) is 2. The first-order valence-electron chi connectivity index (χ1n) is 12.9. The number of para-hydroxylation sites is 2. The molecule has 11 heteroatoms. The average Bonchev–Trinajstić information content (AvgIpc) is 2.93. The molecule has 2 amide bonds. The first-order valence-corrected chi connectivity index (χ1v) is 15.1. The van der Waals surface area contributed by atoms with Gasteiger partial charge in [-0.05, 0) is 74.4 Å². The molecule has 40 heavy (non-hydrogen) atoms. The molecule has 0 spiro atoms. The molecule has 0 bridgehead atoms. The molecule has 0 heterocycles. The number of hydrogen-bond acceptors (Lipinski definition) is 5. The Morgan fingerprint density at radius 3 is 2.30 bits per heavy atom. The standard InChI is InChI=1S/C29H33Cl2N3O5S/c1-4-17-32-29(36)21(3)33(19-22-9-8-10-24(31)18-22)28(35)20-34(26-11-6-7-12-27(26)39-5-2)40(37,38)25-15-13-23(30)14-16-25/h6-16,18,21H,4-5,17,19-20H2,1-3H3,(H,32,36)/t21-/m1/s1. The summed E-state index contributed by atoms with van der Waals surface area (Å²) in [5.41, 5.74) is 0.885. The number of amides is 2. The minimum absolute atomic E-state index is 0.0437. The Morgan fingerprint density at radius 2 is 1.65 bits per heavy atom. The van der Waals surface area contributed by atoms with Gasteiger partial charge in [-0.1, -0.05) is 54.4 Å². The van der Waals surface area contributed by atoms with Gasteiger partial charge in [0.05, 0.1) is 17.2 Å². The SMILES string of the molecule is CCCNC(=O)[C@@H](C)N(Cc1cccc(Cl)c1)C(=O)CN(c1ccccc1OCC)S(=O)(=O)c1ccc(Cl)cc1. The van der Waals surface area contributed by atoms with E-state index in [0.29, 0.717) is 27.9 Å². The molecule has 0 aromatic heterocycles. The van der Waals surface area contributed by atoms with Crippen LogP contribution in [0.5, 0.6) is 5.75 Å². The molecule has 3 aromatic carbocycles. The van der Waals surface area contributed by atoms with Crippen LogP contribution in [0.2, 0.25) is 10.0 Å². The van der Waals surface area contributed by atoms with E-state index in [0.717, 1.165) is 10.7 Å². The summed E-state index contributed by atoms with van der Waals surface area (Å²) in [5.74, 6) is -0.632. The summed E-state index contributed by atoms with van der Waals surface area (Å²) in [6.07, 6.45) is 0.724. The van der Waals surface area contributed by atoms with E-state index in [4.69, 9.17) is 27.9 Å². The van der Waals surface area contributed by atoms with E-state index >= 15 is 0 Å². The highest BCUT2D eigenvalue weighted by Gasteiger charge is 2.33. The summed E-state index contributed by atoms with van der Waals surface area (Å²) in [6, 6.07) is 18.3. The second-order valence-electron chi connectivity index (χ2n) is 8.98. The van der Waals surface area contributed by atoms with E-state index < -0.39 is 28.5 Å². The van der Waals surface area contributed by atoms with Crippen molar-refractivity contribution in [1.29, 1.82) is 0 Å². The van der Waals surface area contributed by atoms with Crippen molar-refractivity contribution in [3.05, 3.63) is 88.4 Å². The third kappa shape index (κ3) is 7.90. The first kappa shape index (κ1) is 31.3. The molecular weight excluding hydrogens is 573 g/mol. The van der Waals surface area contributed by atoms with E-state index in [1.165, 1.54) is 29.2 Å². The average molecular weight is 607 g/mol. The lowest BCUT2D eigenvalue weighted by Gasteiger charge is -2.32. The molecule has 0 radical (unpaired) electrons. The van der Waals surface area contributed by atoms with Gasteiger partial charge in [-0.15, -0.1) is 0 Å². The lowest BCUT2D eigenvalue weighted by Crippen LogP contribution is -2.51. The maximum atomic E-state index is 14.0. The van der Waals surface area contributed by atoms with Crippen LogP contribution >= 0.6 is 23.2 Å². The molecule has 0 saturated carbocycles. The van der Waals surface area contributed by atoms with Gasteiger partial charge in [0.2, 0.25) is 11.8 Å². The largest absolute Gasteiger partial charge is 0.492 e. The normalized spacial score (nSPS) is 11.9. The van der Waals surface area contributed by atoms with Gasteiger partial charge in [0.25, 0.3) is 10.0 Å². The van der Waals surface area contributed by atoms with Crippen LogP contribution in [-0.2, 0) is 26.2 Å². The van der Waals surface area contributed by atoms with Gasteiger partial charge < -0.3 is 15.0 Å². The Balaban J connectivity index is 2.07. The predicted octanol–water partition coefficient (Wildman–Crippen LogP) is 5.53. The number of halogens is 2. The third-order valence-corrected chi connectivity index (χ3v) is 8.33. The topological polar surface area (TPSA) is 96.0 Å². The highest BCUT2D eigenvalue weighted by Crippen LogP contribution is 2.33. The van der Waals surface area contributed by atoms with Crippen molar-refractivity contribution in [3.63, 3.8) is 0 Å². The third-order valence-electron chi connectivity index (χ3n) is 6.07. The van der Waals surface area contributed by atoms with Gasteiger partial charge in [0.1, 0.15) is 18.3 Å². The predicted molar refractivity (Wildman–Crippen MR) is 158 cm³/mol. The van der Waals surface area contributed by atoms with Gasteiger partial charge >= 0.3 is 0 Å². The lowest BCUT2D eigenvalue weighted by atomic mass is 10.1. The Bertz CT molecular complexity index is 1420. The molecule has 0 saturated heterocycles. The highest BCUT2D eigenvalue weighted by atomic mass is 35.5. The molecule has 3 aromatic rings. The Kier molecular flexibility index (Phi) is 11.2. The zero-order valence-electron chi connectivity index (χ0n) is 22.6. The summed E-state index contributed by atoms with van der Waals surface area (Å²) < 4.78 is 34.7. The van der Waals surface area contributed by atoms with Crippen molar-refractivity contribution in [3.8, 4) is 5.75 Å². The molecule has 0 aliphatic rings. The van der Waals surface area contributed by atoms with Crippen molar-refractivity contribution in [1.82, 2.24) is 10.2 Å². The lowest BCUT2D eigenvalue weighted by molar-refractivity contribution is -0.139. The zero-order valence-corrected chi connectivity index (χ0v) is 25.0. The van der Waals surface area contributed by atoms with Crippen LogP contribution in [0.3, 0.4) is 0 Å². The van der Waals surface area contributed by atoms with E-state index in [2.05, 4.69) is 5.32 Å². The fourth-order valence-electron chi connectivity index (χ4n) is 4.00. The van der Waals surface area contributed by atoms with Gasteiger partial charge in [0.15, 0.2) is 0 Å². The van der Waals surface area contributed by atoms with Crippen molar-refractivity contribution in [2.24, 2.45) is 0 Å². The van der Waals surface area contributed by atoms with Gasteiger partial charge in [-0.25, -0.2) is 8.42 Å². The van der Waals surface area contributed by atoms with Crippen LogP contribution in [-0.4, -0.2) is 50.9 Å². The zero-order chi connectivity index (χ0) is 29.3. The Hall–Kier alpha value is -3.27. The molecular formula is C29H33Cl2N3O5S. The van der Waals surface area contributed by atoms with Crippen LogP contribution in [0.25, 0.3) is 0 Å². The van der Waals surface area contributed by atoms with Crippen molar-refractivity contribution >= 4 is 50.7 Å². The van der Waals surface area contributed by atoms with E-state index in [-0.39, 0.29) is 29.6 Å². The fraction of sp³-hybridized carbons (Fsp3) is 0.310. The molecule has 8 nitrogen and oxygen atoms in total. The number of anilines is 1. The van der Waals surface area contributed by atoms with Crippen molar-refractivity contribution in [2.45, 2.75) is 44.7 Å². The minimum atomic E-state index is -4.25. The minimum Gasteiger partial charge on any atom is -0.492 e. The number of nitrogens with one attached hydrogen (secondary N) is 1. The second kappa shape index (κ2) is 14.4. The van der Waals surface area contributed by atoms with Gasteiger partial charge in [-0.3, -0.25) is 13.9 Å². The van der Waals surface area contributed by atoms with Crippen LogP contribution in [0, 0.1) is 0 Å².